The molecule has 0 radical (unpaired) electrons. The molecule has 1 aliphatic heterocycles. The first kappa shape index (κ1) is 18.6. The molecular weight excluding hydrogens is 330 g/mol. The molecule has 0 bridgehead atoms. The van der Waals surface area contributed by atoms with Crippen molar-refractivity contribution >= 4 is 16.8 Å². The molecule has 1 saturated heterocycles. The molecule has 0 unspecified atom stereocenters. The number of likely N-dealkylation sites (tertiary alicyclic amines) is 1. The van der Waals surface area contributed by atoms with E-state index in [1.165, 1.54) is 5.39 Å². The number of hydrogen-bond donors (Lipinski definition) is 5. The lowest BCUT2D eigenvalue weighted by Gasteiger charge is -2.39. The van der Waals surface area contributed by atoms with Crippen LogP contribution in [0.25, 0.3) is 10.8 Å². The van der Waals surface area contributed by atoms with E-state index in [0.29, 0.717) is 6.54 Å². The molecule has 1 aliphatic rings. The first-order valence-corrected chi connectivity index (χ1v) is 9.05. The number of piperidine rings is 1. The second-order valence-corrected chi connectivity index (χ2v) is 6.78. The lowest BCUT2D eigenvalue weighted by atomic mass is 9.82. The van der Waals surface area contributed by atoms with Crippen molar-refractivity contribution in [2.75, 3.05) is 26.2 Å². The number of hydrazine groups is 2. The van der Waals surface area contributed by atoms with Crippen LogP contribution in [0, 0.1) is 0 Å². The molecule has 0 spiro atoms. The minimum absolute atomic E-state index is 0.455. The average Bonchev–Trinajstić information content (AvgIpc) is 2.68. The third-order valence-electron chi connectivity index (χ3n) is 5.08. The fourth-order valence-corrected chi connectivity index (χ4v) is 3.62. The third kappa shape index (κ3) is 4.31. The van der Waals surface area contributed by atoms with Gasteiger partial charge in [0.25, 0.3) is 0 Å². The number of nitrogens with zero attached hydrogens (tertiary/aromatic N) is 1. The van der Waals surface area contributed by atoms with Gasteiger partial charge in [-0.3, -0.25) is 10.9 Å². The minimum Gasteiger partial charge on any atom is -0.385 e. The summed E-state index contributed by atoms with van der Waals surface area (Å²) >= 11 is 0. The van der Waals surface area contributed by atoms with Crippen molar-refractivity contribution in [2.45, 2.75) is 24.9 Å². The maximum atomic E-state index is 11.3. The summed E-state index contributed by atoms with van der Waals surface area (Å²) in [7, 11) is 0. The van der Waals surface area contributed by atoms with Crippen molar-refractivity contribution in [3.8, 4) is 0 Å². The monoisotopic (exact) mass is 357 g/mol. The van der Waals surface area contributed by atoms with Gasteiger partial charge in [0.1, 0.15) is 0 Å². The smallest absolute Gasteiger partial charge is 0.343 e. The highest BCUT2D eigenvalue weighted by Gasteiger charge is 2.34. The minimum atomic E-state index is -0.767. The average molecular weight is 357 g/mol. The first-order chi connectivity index (χ1) is 12.6. The van der Waals surface area contributed by atoms with Crippen LogP contribution in [-0.4, -0.2) is 42.2 Å². The SMILES string of the molecule is NNC(=O)NNCCCN1CCC(O)(c2cccc3ccccc23)CC1. The van der Waals surface area contributed by atoms with Gasteiger partial charge in [0.2, 0.25) is 0 Å². The summed E-state index contributed by atoms with van der Waals surface area (Å²) in [4.78, 5) is 13.3. The molecule has 2 aromatic carbocycles. The molecule has 7 nitrogen and oxygen atoms in total. The van der Waals surface area contributed by atoms with E-state index in [0.717, 1.165) is 49.8 Å². The quantitative estimate of drug-likeness (QED) is 0.231. The maximum Gasteiger partial charge on any atom is 0.343 e. The van der Waals surface area contributed by atoms with Gasteiger partial charge in [-0.2, -0.15) is 0 Å². The Kier molecular flexibility index (Phi) is 6.05. The number of carbonyl (C=O) groups excluding carboxylic acids is 1. The van der Waals surface area contributed by atoms with Crippen LogP contribution in [0.15, 0.2) is 42.5 Å². The molecule has 7 heteroatoms. The highest BCUT2D eigenvalue weighted by molar-refractivity contribution is 5.86. The fraction of sp³-hybridized carbons (Fsp3) is 0.421. The number of hydrogen-bond acceptors (Lipinski definition) is 5. The van der Waals surface area contributed by atoms with Crippen LogP contribution >= 0.6 is 0 Å². The summed E-state index contributed by atoms with van der Waals surface area (Å²) in [5, 5.41) is 13.6. The molecule has 0 atom stereocenters. The van der Waals surface area contributed by atoms with E-state index in [9.17, 15) is 9.90 Å². The van der Waals surface area contributed by atoms with Crippen molar-refractivity contribution in [3.05, 3.63) is 48.0 Å². The molecule has 2 amide bonds. The lowest BCUT2D eigenvalue weighted by molar-refractivity contribution is -0.0248. The summed E-state index contributed by atoms with van der Waals surface area (Å²) in [6.45, 7) is 3.30. The number of nitrogens with one attached hydrogen (secondary N) is 3. The van der Waals surface area contributed by atoms with Crippen LogP contribution in [0.4, 0.5) is 4.79 Å². The predicted octanol–water partition coefficient (Wildman–Crippen LogP) is 1.19. The zero-order chi connectivity index (χ0) is 18.4. The molecule has 6 N–H and O–H groups in total. The van der Waals surface area contributed by atoms with E-state index in [1.54, 1.807) is 0 Å². The van der Waals surface area contributed by atoms with E-state index in [2.05, 4.69) is 40.0 Å². The Morgan fingerprint density at radius 3 is 2.65 bits per heavy atom. The number of fused-ring (bicyclic) bond motifs is 1. The van der Waals surface area contributed by atoms with E-state index >= 15 is 0 Å². The number of nitrogens with two attached hydrogens (primary N) is 1. The molecule has 140 valence electrons. The number of carbonyl (C=O) groups is 1. The molecule has 1 fully saturated rings. The molecule has 0 saturated carbocycles. The summed E-state index contributed by atoms with van der Waals surface area (Å²) in [5.41, 5.74) is 7.52. The van der Waals surface area contributed by atoms with Crippen LogP contribution in [0.5, 0.6) is 0 Å². The molecule has 0 aliphatic carbocycles. The first-order valence-electron chi connectivity index (χ1n) is 9.05. The summed E-state index contributed by atoms with van der Waals surface area (Å²) in [6, 6.07) is 13.9. The van der Waals surface area contributed by atoms with Crippen molar-refractivity contribution in [3.63, 3.8) is 0 Å². The normalized spacial score (nSPS) is 17.2. The molecular formula is C19H27N5O2. The van der Waals surface area contributed by atoms with Gasteiger partial charge in [0.05, 0.1) is 5.60 Å². The van der Waals surface area contributed by atoms with Crippen LogP contribution in [0.1, 0.15) is 24.8 Å². The van der Waals surface area contributed by atoms with E-state index in [1.807, 2.05) is 23.6 Å². The van der Waals surface area contributed by atoms with Gasteiger partial charge in [0.15, 0.2) is 0 Å². The highest BCUT2D eigenvalue weighted by atomic mass is 16.3. The summed E-state index contributed by atoms with van der Waals surface area (Å²) < 4.78 is 0. The molecule has 3 rings (SSSR count). The number of benzene rings is 2. The highest BCUT2D eigenvalue weighted by Crippen LogP contribution is 2.36. The van der Waals surface area contributed by atoms with Gasteiger partial charge in [-0.1, -0.05) is 42.5 Å². The Hall–Kier alpha value is -2.19. The Morgan fingerprint density at radius 2 is 1.88 bits per heavy atom. The third-order valence-corrected chi connectivity index (χ3v) is 5.08. The molecule has 26 heavy (non-hydrogen) atoms. The number of rotatable bonds is 6. The second-order valence-electron chi connectivity index (χ2n) is 6.78. The van der Waals surface area contributed by atoms with Gasteiger partial charge in [-0.05, 0) is 42.1 Å². The second kappa shape index (κ2) is 8.46. The summed E-state index contributed by atoms with van der Waals surface area (Å²) in [6.07, 6.45) is 2.35. The molecule has 1 heterocycles. The standard InChI is InChI=1S/C19H27N5O2/c20-22-18(25)23-21-11-4-12-24-13-9-19(26,10-14-24)17-8-3-6-15-5-1-2-7-16(15)17/h1-3,5-8,21,26H,4,9-14,20H2,(H2,22,23,25). The molecule has 2 aromatic rings. The van der Waals surface area contributed by atoms with E-state index in [-0.39, 0.29) is 0 Å². The number of urea groups is 1. The van der Waals surface area contributed by atoms with Crippen molar-refractivity contribution < 1.29 is 9.90 Å². The van der Waals surface area contributed by atoms with Crippen LogP contribution in [0.3, 0.4) is 0 Å². The number of amides is 2. The Balaban J connectivity index is 1.52. The maximum absolute atomic E-state index is 11.3. The number of aliphatic hydroxyl groups is 1. The molecule has 0 aromatic heterocycles. The summed E-state index contributed by atoms with van der Waals surface area (Å²) in [5.74, 6) is 4.98. The fourth-order valence-electron chi connectivity index (χ4n) is 3.62. The Labute approximate surface area is 153 Å². The van der Waals surface area contributed by atoms with Gasteiger partial charge in [-0.25, -0.2) is 16.1 Å². The van der Waals surface area contributed by atoms with Crippen LogP contribution < -0.4 is 22.1 Å². The van der Waals surface area contributed by atoms with Crippen LogP contribution in [-0.2, 0) is 5.60 Å². The Bertz CT molecular complexity index is 738. The lowest BCUT2D eigenvalue weighted by Crippen LogP contribution is -2.48. The van der Waals surface area contributed by atoms with Gasteiger partial charge in [-0.15, -0.1) is 0 Å². The van der Waals surface area contributed by atoms with Gasteiger partial charge < -0.3 is 10.0 Å². The van der Waals surface area contributed by atoms with Gasteiger partial charge >= 0.3 is 6.03 Å². The predicted molar refractivity (Wildman–Crippen MR) is 102 cm³/mol. The Morgan fingerprint density at radius 1 is 1.15 bits per heavy atom. The van der Waals surface area contributed by atoms with Crippen molar-refractivity contribution in [1.29, 1.82) is 0 Å². The van der Waals surface area contributed by atoms with Crippen molar-refractivity contribution in [2.24, 2.45) is 5.84 Å². The van der Waals surface area contributed by atoms with Crippen LogP contribution in [0.2, 0.25) is 0 Å². The van der Waals surface area contributed by atoms with Crippen molar-refractivity contribution in [1.82, 2.24) is 21.2 Å². The largest absolute Gasteiger partial charge is 0.385 e. The topological polar surface area (TPSA) is 103 Å². The zero-order valence-electron chi connectivity index (χ0n) is 14.9. The van der Waals surface area contributed by atoms with E-state index < -0.39 is 11.6 Å². The zero-order valence-corrected chi connectivity index (χ0v) is 14.9. The van der Waals surface area contributed by atoms with Gasteiger partial charge in [0, 0.05) is 19.6 Å². The van der Waals surface area contributed by atoms with E-state index in [4.69, 9.17) is 5.84 Å².